The van der Waals surface area contributed by atoms with Gasteiger partial charge in [-0.2, -0.15) is 5.26 Å². The molecule has 37 heavy (non-hydrogen) atoms. The number of amides is 2. The van der Waals surface area contributed by atoms with E-state index in [1.54, 1.807) is 57.0 Å². The molecule has 2 aromatic rings. The van der Waals surface area contributed by atoms with Crippen molar-refractivity contribution in [1.82, 2.24) is 4.90 Å². The van der Waals surface area contributed by atoms with E-state index in [9.17, 15) is 14.9 Å². The SMILES string of the molecule is COc1ccc(CN(C(=O)OC(C)(C)C)c2cc(C#N)cc(C3CN(C(=O)OC(C)(C)C)C3)c2Cl)cc1. The molecule has 0 spiro atoms. The Morgan fingerprint density at radius 1 is 1.05 bits per heavy atom. The van der Waals surface area contributed by atoms with Gasteiger partial charge in [-0.15, -0.1) is 0 Å². The highest BCUT2D eigenvalue weighted by Gasteiger charge is 2.37. The van der Waals surface area contributed by atoms with E-state index >= 15 is 0 Å². The summed E-state index contributed by atoms with van der Waals surface area (Å²) in [5.41, 5.74) is 0.914. The molecule has 0 bridgehead atoms. The molecule has 0 saturated carbocycles. The van der Waals surface area contributed by atoms with Crippen LogP contribution in [0.5, 0.6) is 5.75 Å². The second-order valence-corrected chi connectivity index (χ2v) is 11.4. The van der Waals surface area contributed by atoms with Crippen LogP contribution in [0.15, 0.2) is 36.4 Å². The van der Waals surface area contributed by atoms with E-state index in [-0.39, 0.29) is 12.5 Å². The second kappa shape index (κ2) is 10.9. The van der Waals surface area contributed by atoms with Crippen molar-refractivity contribution in [1.29, 1.82) is 5.26 Å². The largest absolute Gasteiger partial charge is 0.497 e. The van der Waals surface area contributed by atoms with E-state index in [1.807, 2.05) is 32.9 Å². The van der Waals surface area contributed by atoms with Crippen LogP contribution in [0, 0.1) is 11.3 Å². The number of carbonyl (C=O) groups is 2. The minimum Gasteiger partial charge on any atom is -0.497 e. The molecule has 0 radical (unpaired) electrons. The number of benzene rings is 2. The van der Waals surface area contributed by atoms with Gasteiger partial charge in [0.05, 0.1) is 36.0 Å². The van der Waals surface area contributed by atoms with Gasteiger partial charge in [-0.25, -0.2) is 9.59 Å². The number of nitrogens with zero attached hydrogens (tertiary/aromatic N) is 3. The average molecular weight is 528 g/mol. The molecule has 1 aliphatic heterocycles. The molecule has 1 heterocycles. The van der Waals surface area contributed by atoms with Crippen molar-refractivity contribution in [2.45, 2.75) is 65.2 Å². The number of anilines is 1. The molecule has 0 unspecified atom stereocenters. The van der Waals surface area contributed by atoms with Crippen LogP contribution in [0.4, 0.5) is 15.3 Å². The highest BCUT2D eigenvalue weighted by atomic mass is 35.5. The van der Waals surface area contributed by atoms with Crippen molar-refractivity contribution >= 4 is 29.5 Å². The van der Waals surface area contributed by atoms with Crippen molar-refractivity contribution in [2.24, 2.45) is 0 Å². The highest BCUT2D eigenvalue weighted by Crippen LogP contribution is 2.40. The van der Waals surface area contributed by atoms with Crippen LogP contribution in [0.25, 0.3) is 0 Å². The van der Waals surface area contributed by atoms with Crippen LogP contribution in [0.1, 0.15) is 64.2 Å². The van der Waals surface area contributed by atoms with Gasteiger partial charge in [0.25, 0.3) is 0 Å². The smallest absolute Gasteiger partial charge is 0.415 e. The number of rotatable bonds is 5. The normalized spacial score (nSPS) is 13.9. The number of hydrogen-bond donors (Lipinski definition) is 0. The molecule has 1 saturated heterocycles. The number of likely N-dealkylation sites (tertiary alicyclic amines) is 1. The first-order chi connectivity index (χ1) is 17.2. The van der Waals surface area contributed by atoms with Gasteiger partial charge in [-0.05, 0) is 76.9 Å². The Hall–Kier alpha value is -3.44. The maximum Gasteiger partial charge on any atom is 0.415 e. The zero-order chi connectivity index (χ0) is 27.5. The minimum absolute atomic E-state index is 0.103. The maximum absolute atomic E-state index is 13.3. The number of carbonyl (C=O) groups excluding carboxylic acids is 2. The standard InChI is InChI=1S/C28H34ClN3O5/c1-27(2,3)36-25(33)31-16-20(17-31)22-12-19(14-30)13-23(24(22)29)32(26(34)37-28(4,5)6)15-18-8-10-21(35-7)11-9-18/h8-13,20H,15-17H2,1-7H3. The summed E-state index contributed by atoms with van der Waals surface area (Å²) in [6.45, 7) is 11.8. The predicted molar refractivity (Wildman–Crippen MR) is 142 cm³/mol. The van der Waals surface area contributed by atoms with E-state index in [0.29, 0.717) is 40.7 Å². The summed E-state index contributed by atoms with van der Waals surface area (Å²) in [4.78, 5) is 28.8. The number of methoxy groups -OCH3 is 1. The van der Waals surface area contributed by atoms with Crippen molar-refractivity contribution < 1.29 is 23.8 Å². The molecule has 8 nitrogen and oxygen atoms in total. The number of hydrogen-bond acceptors (Lipinski definition) is 6. The average Bonchev–Trinajstić information content (AvgIpc) is 2.75. The van der Waals surface area contributed by atoms with E-state index in [0.717, 1.165) is 5.56 Å². The minimum atomic E-state index is -0.737. The van der Waals surface area contributed by atoms with Crippen LogP contribution in [-0.2, 0) is 16.0 Å². The number of halogens is 1. The summed E-state index contributed by atoms with van der Waals surface area (Å²) in [6, 6.07) is 12.8. The van der Waals surface area contributed by atoms with Gasteiger partial charge in [-0.3, -0.25) is 4.90 Å². The first kappa shape index (κ1) is 28.1. The van der Waals surface area contributed by atoms with E-state index in [1.165, 1.54) is 4.90 Å². The third-order valence-electron chi connectivity index (χ3n) is 5.59. The molecular formula is C28H34ClN3O5. The molecule has 1 aliphatic rings. The summed E-state index contributed by atoms with van der Waals surface area (Å²) >= 11 is 6.89. The predicted octanol–water partition coefficient (Wildman–Crippen LogP) is 6.50. The zero-order valence-electron chi connectivity index (χ0n) is 22.4. The lowest BCUT2D eigenvalue weighted by Crippen LogP contribution is -2.50. The highest BCUT2D eigenvalue weighted by molar-refractivity contribution is 6.34. The lowest BCUT2D eigenvalue weighted by Gasteiger charge is -2.40. The van der Waals surface area contributed by atoms with Crippen molar-refractivity contribution in [3.63, 3.8) is 0 Å². The van der Waals surface area contributed by atoms with Crippen molar-refractivity contribution in [2.75, 3.05) is 25.1 Å². The Balaban J connectivity index is 1.95. The molecule has 1 fully saturated rings. The van der Waals surface area contributed by atoms with E-state index in [2.05, 4.69) is 6.07 Å². The lowest BCUT2D eigenvalue weighted by atomic mass is 9.90. The molecule has 0 aromatic heterocycles. The van der Waals surface area contributed by atoms with Gasteiger partial charge in [0.1, 0.15) is 17.0 Å². The van der Waals surface area contributed by atoms with Gasteiger partial charge in [0.15, 0.2) is 0 Å². The topological polar surface area (TPSA) is 92.1 Å². The summed E-state index contributed by atoms with van der Waals surface area (Å²) in [5.74, 6) is 0.590. The fourth-order valence-corrected chi connectivity index (χ4v) is 4.18. The summed E-state index contributed by atoms with van der Waals surface area (Å²) in [5, 5.41) is 10.1. The maximum atomic E-state index is 13.3. The summed E-state index contributed by atoms with van der Waals surface area (Å²) in [6.07, 6.45) is -0.985. The fourth-order valence-electron chi connectivity index (χ4n) is 3.82. The Morgan fingerprint density at radius 2 is 1.65 bits per heavy atom. The van der Waals surface area contributed by atoms with Crippen LogP contribution in [0.2, 0.25) is 5.02 Å². The molecule has 2 amide bonds. The van der Waals surface area contributed by atoms with Crippen molar-refractivity contribution in [3.8, 4) is 11.8 Å². The molecule has 3 rings (SSSR count). The Labute approximate surface area is 223 Å². The van der Waals surface area contributed by atoms with Crippen LogP contribution < -0.4 is 9.64 Å². The third kappa shape index (κ3) is 7.30. The Kier molecular flexibility index (Phi) is 8.28. The first-order valence-electron chi connectivity index (χ1n) is 12.1. The zero-order valence-corrected chi connectivity index (χ0v) is 23.2. The van der Waals surface area contributed by atoms with Crippen LogP contribution in [0.3, 0.4) is 0 Å². The third-order valence-corrected chi connectivity index (χ3v) is 6.00. The molecule has 0 atom stereocenters. The van der Waals surface area contributed by atoms with Gasteiger partial charge >= 0.3 is 12.2 Å². The molecule has 0 aliphatic carbocycles. The fraction of sp³-hybridized carbons (Fsp3) is 0.464. The summed E-state index contributed by atoms with van der Waals surface area (Å²) in [7, 11) is 1.58. The molecular weight excluding hydrogens is 494 g/mol. The lowest BCUT2D eigenvalue weighted by molar-refractivity contribution is 0.00819. The Bertz CT molecular complexity index is 1190. The number of ether oxygens (including phenoxy) is 3. The monoisotopic (exact) mass is 527 g/mol. The number of nitriles is 1. The Morgan fingerprint density at radius 3 is 2.16 bits per heavy atom. The van der Waals surface area contributed by atoms with Crippen LogP contribution >= 0.6 is 11.6 Å². The second-order valence-electron chi connectivity index (χ2n) is 11.0. The molecule has 198 valence electrons. The van der Waals surface area contributed by atoms with E-state index < -0.39 is 23.4 Å². The van der Waals surface area contributed by atoms with Gasteiger partial charge in [0, 0.05) is 19.0 Å². The molecule has 9 heteroatoms. The van der Waals surface area contributed by atoms with Gasteiger partial charge in [-0.1, -0.05) is 23.7 Å². The molecule has 2 aromatic carbocycles. The van der Waals surface area contributed by atoms with Gasteiger partial charge in [0.2, 0.25) is 0 Å². The summed E-state index contributed by atoms with van der Waals surface area (Å²) < 4.78 is 16.4. The van der Waals surface area contributed by atoms with Gasteiger partial charge < -0.3 is 19.1 Å². The van der Waals surface area contributed by atoms with Crippen molar-refractivity contribution in [3.05, 3.63) is 58.1 Å². The van der Waals surface area contributed by atoms with E-state index in [4.69, 9.17) is 25.8 Å². The quantitative estimate of drug-likeness (QED) is 0.441. The first-order valence-corrected chi connectivity index (χ1v) is 12.4. The van der Waals surface area contributed by atoms with Crippen LogP contribution in [-0.4, -0.2) is 48.5 Å². The molecule has 0 N–H and O–H groups in total.